The summed E-state index contributed by atoms with van der Waals surface area (Å²) < 4.78 is 7.96. The minimum Gasteiger partial charge on any atom is -0.375 e. The van der Waals surface area contributed by atoms with E-state index in [1.807, 2.05) is 19.3 Å². The summed E-state index contributed by atoms with van der Waals surface area (Å²) in [5.74, 6) is 1.04. The molecule has 0 spiro atoms. The first-order chi connectivity index (χ1) is 7.77. The molecule has 0 radical (unpaired) electrons. The predicted molar refractivity (Wildman–Crippen MR) is 63.1 cm³/mol. The summed E-state index contributed by atoms with van der Waals surface area (Å²) in [5, 5.41) is 0. The lowest BCUT2D eigenvalue weighted by Crippen LogP contribution is -2.39. The van der Waals surface area contributed by atoms with Gasteiger partial charge >= 0.3 is 0 Å². The highest BCUT2D eigenvalue weighted by atomic mass is 16.5. The first-order valence-corrected chi connectivity index (χ1v) is 6.12. The van der Waals surface area contributed by atoms with Crippen LogP contribution in [0.4, 0.5) is 0 Å². The largest absolute Gasteiger partial charge is 0.375 e. The maximum atomic E-state index is 6.02. The topological polar surface area (TPSA) is 53.1 Å². The summed E-state index contributed by atoms with van der Waals surface area (Å²) in [6, 6.07) is 0.234. The van der Waals surface area contributed by atoms with Crippen LogP contribution in [0.5, 0.6) is 0 Å². The number of ether oxygens (including phenoxy) is 1. The van der Waals surface area contributed by atoms with E-state index in [4.69, 9.17) is 10.5 Å². The average Bonchev–Trinajstić information content (AvgIpc) is 2.67. The van der Waals surface area contributed by atoms with Gasteiger partial charge in [0.15, 0.2) is 0 Å². The summed E-state index contributed by atoms with van der Waals surface area (Å²) >= 11 is 0. The Hall–Kier alpha value is -0.870. The highest BCUT2D eigenvalue weighted by molar-refractivity contribution is 4.88. The zero-order valence-corrected chi connectivity index (χ0v) is 9.93. The van der Waals surface area contributed by atoms with E-state index in [1.54, 1.807) is 0 Å². The standard InChI is InChI=1S/C12H21N3O/c1-10-14-6-7-15(10)8-9-16-12-5-3-2-4-11(12)13/h6-7,11-12H,2-5,8-9,13H2,1H3. The second kappa shape index (κ2) is 5.46. The fourth-order valence-electron chi connectivity index (χ4n) is 2.27. The van der Waals surface area contributed by atoms with Crippen molar-refractivity contribution in [3.8, 4) is 0 Å². The van der Waals surface area contributed by atoms with Gasteiger partial charge in [0, 0.05) is 25.0 Å². The SMILES string of the molecule is Cc1nccn1CCOC1CCCCC1N. The molecule has 2 rings (SSSR count). The molecule has 16 heavy (non-hydrogen) atoms. The first kappa shape index (κ1) is 11.6. The van der Waals surface area contributed by atoms with E-state index in [9.17, 15) is 0 Å². The normalized spacial score (nSPS) is 25.9. The molecular formula is C12H21N3O. The fourth-order valence-corrected chi connectivity index (χ4v) is 2.27. The molecule has 0 amide bonds. The number of nitrogens with zero attached hydrogens (tertiary/aromatic N) is 2. The third-order valence-corrected chi connectivity index (χ3v) is 3.34. The lowest BCUT2D eigenvalue weighted by atomic mass is 9.93. The fraction of sp³-hybridized carbons (Fsp3) is 0.750. The molecule has 1 saturated carbocycles. The summed E-state index contributed by atoms with van der Waals surface area (Å²) in [6.45, 7) is 3.61. The van der Waals surface area contributed by atoms with Crippen LogP contribution in [-0.4, -0.2) is 28.3 Å². The lowest BCUT2D eigenvalue weighted by molar-refractivity contribution is 0.0110. The van der Waals surface area contributed by atoms with E-state index in [0.29, 0.717) is 0 Å². The molecule has 1 fully saturated rings. The number of rotatable bonds is 4. The number of nitrogens with two attached hydrogens (primary N) is 1. The lowest BCUT2D eigenvalue weighted by Gasteiger charge is -2.28. The van der Waals surface area contributed by atoms with Gasteiger partial charge in [0.1, 0.15) is 5.82 Å². The number of aromatic nitrogens is 2. The summed E-state index contributed by atoms with van der Waals surface area (Å²) in [7, 11) is 0. The van der Waals surface area contributed by atoms with E-state index >= 15 is 0 Å². The molecule has 1 heterocycles. The number of hydrogen-bond donors (Lipinski definition) is 1. The Morgan fingerprint density at radius 3 is 3.00 bits per heavy atom. The molecule has 0 aliphatic heterocycles. The minimum absolute atomic E-state index is 0.234. The van der Waals surface area contributed by atoms with Crippen LogP contribution in [0.3, 0.4) is 0 Å². The van der Waals surface area contributed by atoms with Crippen molar-refractivity contribution in [2.24, 2.45) is 5.73 Å². The van der Waals surface area contributed by atoms with Gasteiger partial charge < -0.3 is 15.0 Å². The Bertz CT molecular complexity index is 324. The molecule has 0 aromatic carbocycles. The third kappa shape index (κ3) is 2.83. The van der Waals surface area contributed by atoms with Crippen LogP contribution in [0, 0.1) is 6.92 Å². The van der Waals surface area contributed by atoms with Gasteiger partial charge in [-0.05, 0) is 19.8 Å². The van der Waals surface area contributed by atoms with Crippen molar-refractivity contribution in [2.45, 2.75) is 51.3 Å². The van der Waals surface area contributed by atoms with Crippen molar-refractivity contribution in [1.82, 2.24) is 9.55 Å². The molecule has 2 N–H and O–H groups in total. The van der Waals surface area contributed by atoms with Crippen molar-refractivity contribution in [1.29, 1.82) is 0 Å². The van der Waals surface area contributed by atoms with Crippen molar-refractivity contribution in [3.05, 3.63) is 18.2 Å². The average molecular weight is 223 g/mol. The Labute approximate surface area is 96.8 Å². The highest BCUT2D eigenvalue weighted by Crippen LogP contribution is 2.19. The van der Waals surface area contributed by atoms with Crippen molar-refractivity contribution < 1.29 is 4.74 Å². The van der Waals surface area contributed by atoms with Gasteiger partial charge in [-0.3, -0.25) is 0 Å². The van der Waals surface area contributed by atoms with Crippen LogP contribution in [0.15, 0.2) is 12.4 Å². The third-order valence-electron chi connectivity index (χ3n) is 3.34. The van der Waals surface area contributed by atoms with Crippen LogP contribution in [0.2, 0.25) is 0 Å². The maximum Gasteiger partial charge on any atom is 0.105 e. The summed E-state index contributed by atoms with van der Waals surface area (Å²) in [5.41, 5.74) is 6.02. The second-order valence-electron chi connectivity index (χ2n) is 4.53. The van der Waals surface area contributed by atoms with E-state index in [1.165, 1.54) is 12.8 Å². The van der Waals surface area contributed by atoms with Crippen LogP contribution in [0.1, 0.15) is 31.5 Å². The Morgan fingerprint density at radius 1 is 1.50 bits per heavy atom. The molecule has 1 aliphatic rings. The Kier molecular flexibility index (Phi) is 3.96. The minimum atomic E-state index is 0.234. The number of aryl methyl sites for hydroxylation is 1. The molecule has 90 valence electrons. The van der Waals surface area contributed by atoms with Crippen LogP contribution >= 0.6 is 0 Å². The number of hydrogen-bond acceptors (Lipinski definition) is 3. The summed E-state index contributed by atoms with van der Waals surface area (Å²) in [4.78, 5) is 4.18. The van der Waals surface area contributed by atoms with Crippen molar-refractivity contribution >= 4 is 0 Å². The molecule has 1 aliphatic carbocycles. The summed E-state index contributed by atoms with van der Waals surface area (Å²) in [6.07, 6.45) is 8.79. The Morgan fingerprint density at radius 2 is 2.31 bits per heavy atom. The monoisotopic (exact) mass is 223 g/mol. The van der Waals surface area contributed by atoms with Crippen LogP contribution < -0.4 is 5.73 Å². The Balaban J connectivity index is 1.73. The van der Waals surface area contributed by atoms with Crippen LogP contribution in [-0.2, 0) is 11.3 Å². The predicted octanol–water partition coefficient (Wildman–Crippen LogP) is 1.48. The zero-order valence-electron chi connectivity index (χ0n) is 9.93. The van der Waals surface area contributed by atoms with Gasteiger partial charge in [0.25, 0.3) is 0 Å². The zero-order chi connectivity index (χ0) is 11.4. The van der Waals surface area contributed by atoms with Gasteiger partial charge in [0.05, 0.1) is 12.7 Å². The van der Waals surface area contributed by atoms with Crippen molar-refractivity contribution in [3.63, 3.8) is 0 Å². The van der Waals surface area contributed by atoms with Crippen LogP contribution in [0.25, 0.3) is 0 Å². The van der Waals surface area contributed by atoms with Gasteiger partial charge in [-0.1, -0.05) is 12.8 Å². The second-order valence-corrected chi connectivity index (χ2v) is 4.53. The van der Waals surface area contributed by atoms with E-state index in [2.05, 4.69) is 9.55 Å². The van der Waals surface area contributed by atoms with Gasteiger partial charge in [-0.15, -0.1) is 0 Å². The highest BCUT2D eigenvalue weighted by Gasteiger charge is 2.21. The molecule has 1 aromatic rings. The molecule has 0 saturated heterocycles. The first-order valence-electron chi connectivity index (χ1n) is 6.12. The molecule has 0 bridgehead atoms. The van der Waals surface area contributed by atoms with Crippen molar-refractivity contribution in [2.75, 3.05) is 6.61 Å². The van der Waals surface area contributed by atoms with Gasteiger partial charge in [0.2, 0.25) is 0 Å². The van der Waals surface area contributed by atoms with Gasteiger partial charge in [-0.25, -0.2) is 4.98 Å². The van der Waals surface area contributed by atoms with E-state index < -0.39 is 0 Å². The molecular weight excluding hydrogens is 202 g/mol. The molecule has 4 nitrogen and oxygen atoms in total. The molecule has 2 unspecified atom stereocenters. The number of imidazole rings is 1. The molecule has 4 heteroatoms. The molecule has 1 aromatic heterocycles. The smallest absolute Gasteiger partial charge is 0.105 e. The van der Waals surface area contributed by atoms with E-state index in [-0.39, 0.29) is 12.1 Å². The molecule has 2 atom stereocenters. The maximum absolute atomic E-state index is 6.02. The van der Waals surface area contributed by atoms with Gasteiger partial charge in [-0.2, -0.15) is 0 Å². The van der Waals surface area contributed by atoms with E-state index in [0.717, 1.165) is 31.8 Å². The quantitative estimate of drug-likeness (QED) is 0.841.